The van der Waals surface area contributed by atoms with Crippen LogP contribution in [0, 0.1) is 5.41 Å². The number of aliphatic hydroxyl groups excluding tert-OH is 1. The maximum Gasteiger partial charge on any atom is 0.145 e. The summed E-state index contributed by atoms with van der Waals surface area (Å²) in [6, 6.07) is 0. The molecule has 1 rings (SSSR count). The minimum atomic E-state index is -0.602. The van der Waals surface area contributed by atoms with Crippen LogP contribution in [-0.4, -0.2) is 17.0 Å². The van der Waals surface area contributed by atoms with Crippen molar-refractivity contribution in [3.05, 3.63) is 12.2 Å². The molecule has 0 radical (unpaired) electrons. The summed E-state index contributed by atoms with van der Waals surface area (Å²) in [7, 11) is 0. The molecule has 11 heavy (non-hydrogen) atoms. The van der Waals surface area contributed by atoms with Gasteiger partial charge in [0, 0.05) is 6.42 Å². The highest BCUT2D eigenvalue weighted by Gasteiger charge is 2.42. The van der Waals surface area contributed by atoms with Crippen LogP contribution in [0.15, 0.2) is 12.2 Å². The van der Waals surface area contributed by atoms with Crippen LogP contribution in [0.4, 0.5) is 0 Å². The van der Waals surface area contributed by atoms with E-state index in [0.717, 1.165) is 0 Å². The van der Waals surface area contributed by atoms with Gasteiger partial charge in [-0.3, -0.25) is 4.79 Å². The van der Waals surface area contributed by atoms with Crippen LogP contribution < -0.4 is 0 Å². The van der Waals surface area contributed by atoms with Crippen LogP contribution in [0.25, 0.3) is 0 Å². The molecule has 1 fully saturated rings. The second-order valence-corrected chi connectivity index (χ2v) is 3.26. The van der Waals surface area contributed by atoms with Gasteiger partial charge in [-0.2, -0.15) is 0 Å². The largest absolute Gasteiger partial charge is 0.392 e. The average Bonchev–Trinajstić information content (AvgIpc) is 2.19. The average molecular weight is 154 g/mol. The van der Waals surface area contributed by atoms with E-state index in [1.54, 1.807) is 13.0 Å². The lowest BCUT2D eigenvalue weighted by Crippen LogP contribution is -2.30. The number of Topliss-reactive ketones (excluding diaryl/α,β-unsaturated/α-hetero) is 1. The van der Waals surface area contributed by atoms with Gasteiger partial charge in [0.25, 0.3) is 0 Å². The summed E-state index contributed by atoms with van der Waals surface area (Å²) in [5, 5.41) is 9.48. The quantitative estimate of drug-likeness (QED) is 0.578. The lowest BCUT2D eigenvalue weighted by Gasteiger charge is -2.21. The zero-order valence-corrected chi connectivity index (χ0v) is 7.00. The Morgan fingerprint density at radius 2 is 2.36 bits per heavy atom. The van der Waals surface area contributed by atoms with Gasteiger partial charge in [-0.15, -0.1) is 0 Å². The molecule has 0 aromatic rings. The van der Waals surface area contributed by atoms with E-state index >= 15 is 0 Å². The van der Waals surface area contributed by atoms with Gasteiger partial charge in [-0.05, 0) is 20.3 Å². The molecule has 62 valence electrons. The molecule has 0 amide bonds. The minimum Gasteiger partial charge on any atom is -0.392 e. The lowest BCUT2D eigenvalue weighted by atomic mass is 9.85. The highest BCUT2D eigenvalue weighted by molar-refractivity contribution is 5.89. The summed E-state index contributed by atoms with van der Waals surface area (Å²) in [6.45, 7) is 3.66. The summed E-state index contributed by atoms with van der Waals surface area (Å²) in [6.07, 6.45) is 4.27. The molecule has 0 saturated heterocycles. The first-order valence-corrected chi connectivity index (χ1v) is 3.96. The first-order valence-electron chi connectivity index (χ1n) is 3.96. The number of carbonyl (C=O) groups is 1. The molecule has 0 aliphatic heterocycles. The minimum absolute atomic E-state index is 0.156. The van der Waals surface area contributed by atoms with Crippen LogP contribution >= 0.6 is 0 Å². The lowest BCUT2D eigenvalue weighted by molar-refractivity contribution is -0.125. The molecule has 2 atom stereocenters. The fraction of sp³-hybridized carbons (Fsp3) is 0.667. The van der Waals surface area contributed by atoms with E-state index in [1.807, 2.05) is 13.0 Å². The maximum atomic E-state index is 11.3. The van der Waals surface area contributed by atoms with Gasteiger partial charge in [0.05, 0.1) is 11.5 Å². The van der Waals surface area contributed by atoms with Gasteiger partial charge >= 0.3 is 0 Å². The molecule has 2 nitrogen and oxygen atoms in total. The van der Waals surface area contributed by atoms with Crippen molar-refractivity contribution in [3.8, 4) is 0 Å². The predicted octanol–water partition coefficient (Wildman–Crippen LogP) is 1.29. The van der Waals surface area contributed by atoms with E-state index in [9.17, 15) is 9.90 Å². The zero-order valence-electron chi connectivity index (χ0n) is 7.00. The number of aliphatic hydroxyl groups is 1. The number of carbonyl (C=O) groups excluding carboxylic acids is 1. The van der Waals surface area contributed by atoms with E-state index in [0.29, 0.717) is 12.8 Å². The standard InChI is InChI=1S/C9H14O2/c1-3-6-9(2)7(10)4-5-8(9)11/h3,6-7,10H,4-5H2,1-2H3/b6-3-/t7-,9+/m1/s1. The van der Waals surface area contributed by atoms with Crippen molar-refractivity contribution < 1.29 is 9.90 Å². The third kappa shape index (κ3) is 1.23. The van der Waals surface area contributed by atoms with Gasteiger partial charge in [0.15, 0.2) is 0 Å². The van der Waals surface area contributed by atoms with Crippen molar-refractivity contribution in [3.63, 3.8) is 0 Å². The fourth-order valence-electron chi connectivity index (χ4n) is 1.57. The molecule has 0 aromatic heterocycles. The summed E-state index contributed by atoms with van der Waals surface area (Å²) >= 11 is 0. The van der Waals surface area contributed by atoms with Gasteiger partial charge in [0.1, 0.15) is 5.78 Å². The van der Waals surface area contributed by atoms with E-state index in [4.69, 9.17) is 0 Å². The van der Waals surface area contributed by atoms with Crippen molar-refractivity contribution >= 4 is 5.78 Å². The Balaban J connectivity index is 2.88. The van der Waals surface area contributed by atoms with E-state index in [-0.39, 0.29) is 5.78 Å². The Morgan fingerprint density at radius 3 is 2.73 bits per heavy atom. The Morgan fingerprint density at radius 1 is 1.73 bits per heavy atom. The van der Waals surface area contributed by atoms with Crippen molar-refractivity contribution in [2.75, 3.05) is 0 Å². The summed E-state index contributed by atoms with van der Waals surface area (Å²) < 4.78 is 0. The van der Waals surface area contributed by atoms with E-state index < -0.39 is 11.5 Å². The predicted molar refractivity (Wildman–Crippen MR) is 43.2 cm³/mol. The van der Waals surface area contributed by atoms with Gasteiger partial charge in [-0.25, -0.2) is 0 Å². The number of ketones is 1. The Kier molecular flexibility index (Phi) is 2.14. The van der Waals surface area contributed by atoms with Crippen molar-refractivity contribution in [2.45, 2.75) is 32.8 Å². The molecule has 0 bridgehead atoms. The molecule has 0 spiro atoms. The van der Waals surface area contributed by atoms with Gasteiger partial charge in [0.2, 0.25) is 0 Å². The second kappa shape index (κ2) is 2.78. The zero-order chi connectivity index (χ0) is 8.48. The van der Waals surface area contributed by atoms with Crippen molar-refractivity contribution in [2.24, 2.45) is 5.41 Å². The van der Waals surface area contributed by atoms with E-state index in [2.05, 4.69) is 0 Å². The Bertz CT molecular complexity index is 196. The number of hydrogen-bond donors (Lipinski definition) is 1. The van der Waals surface area contributed by atoms with Gasteiger partial charge < -0.3 is 5.11 Å². The summed E-state index contributed by atoms with van der Waals surface area (Å²) in [5.74, 6) is 0.156. The maximum absolute atomic E-state index is 11.3. The van der Waals surface area contributed by atoms with Crippen molar-refractivity contribution in [1.29, 1.82) is 0 Å². The molecule has 0 heterocycles. The first kappa shape index (κ1) is 8.47. The molecule has 1 aliphatic carbocycles. The normalized spacial score (nSPS) is 38.8. The van der Waals surface area contributed by atoms with Crippen LogP contribution in [0.3, 0.4) is 0 Å². The highest BCUT2D eigenvalue weighted by atomic mass is 16.3. The monoisotopic (exact) mass is 154 g/mol. The summed E-state index contributed by atoms with van der Waals surface area (Å²) in [4.78, 5) is 11.3. The van der Waals surface area contributed by atoms with Crippen LogP contribution in [0.1, 0.15) is 26.7 Å². The second-order valence-electron chi connectivity index (χ2n) is 3.26. The number of hydrogen-bond acceptors (Lipinski definition) is 2. The first-order chi connectivity index (χ1) is 5.11. The fourth-order valence-corrected chi connectivity index (χ4v) is 1.57. The van der Waals surface area contributed by atoms with Crippen LogP contribution in [0.2, 0.25) is 0 Å². The molecule has 1 saturated carbocycles. The third-order valence-electron chi connectivity index (χ3n) is 2.45. The Hall–Kier alpha value is -0.630. The molecular formula is C9H14O2. The third-order valence-corrected chi connectivity index (χ3v) is 2.45. The molecule has 1 N–H and O–H groups in total. The van der Waals surface area contributed by atoms with Crippen LogP contribution in [-0.2, 0) is 4.79 Å². The Labute approximate surface area is 66.9 Å². The molecule has 1 aliphatic rings. The number of rotatable bonds is 1. The smallest absolute Gasteiger partial charge is 0.145 e. The van der Waals surface area contributed by atoms with Gasteiger partial charge in [-0.1, -0.05) is 12.2 Å². The SMILES string of the molecule is C/C=C\[C@]1(C)C(=O)CC[C@H]1O. The van der Waals surface area contributed by atoms with Crippen LogP contribution in [0.5, 0.6) is 0 Å². The topological polar surface area (TPSA) is 37.3 Å². The number of allylic oxidation sites excluding steroid dienone is 1. The summed E-state index contributed by atoms with van der Waals surface area (Å²) in [5.41, 5.74) is -0.602. The molecular weight excluding hydrogens is 140 g/mol. The molecule has 0 unspecified atom stereocenters. The van der Waals surface area contributed by atoms with Crippen molar-refractivity contribution in [1.82, 2.24) is 0 Å². The van der Waals surface area contributed by atoms with E-state index in [1.165, 1.54) is 0 Å². The highest BCUT2D eigenvalue weighted by Crippen LogP contribution is 2.35. The molecule has 2 heteroatoms. The molecule has 0 aromatic carbocycles.